The normalized spacial score (nSPS) is 31.7. The van der Waals surface area contributed by atoms with Crippen molar-refractivity contribution >= 4 is 5.69 Å². The van der Waals surface area contributed by atoms with Crippen LogP contribution in [0.5, 0.6) is 0 Å². The third kappa shape index (κ3) is 2.85. The Labute approximate surface area is 110 Å². The Kier molecular flexibility index (Phi) is 3.61. The van der Waals surface area contributed by atoms with Crippen molar-refractivity contribution in [1.29, 1.82) is 5.26 Å². The summed E-state index contributed by atoms with van der Waals surface area (Å²) in [5.41, 5.74) is 1.91. The second kappa shape index (κ2) is 5.02. The molecule has 0 bridgehead atoms. The number of nitriles is 1. The minimum atomic E-state index is -0.384. The van der Waals surface area contributed by atoms with Gasteiger partial charge in [-0.3, -0.25) is 0 Å². The van der Waals surface area contributed by atoms with Crippen LogP contribution in [0, 0.1) is 30.1 Å². The van der Waals surface area contributed by atoms with E-state index in [-0.39, 0.29) is 5.54 Å². The molecule has 0 saturated heterocycles. The Bertz CT molecular complexity index is 448. The maximum Gasteiger partial charge on any atom is 0.125 e. The van der Waals surface area contributed by atoms with E-state index in [0.29, 0.717) is 11.8 Å². The molecule has 1 aromatic carbocycles. The van der Waals surface area contributed by atoms with Crippen LogP contribution in [0.15, 0.2) is 24.3 Å². The maximum atomic E-state index is 9.60. The summed E-state index contributed by atoms with van der Waals surface area (Å²) in [6, 6.07) is 10.8. The molecule has 1 saturated carbocycles. The molecule has 0 radical (unpaired) electrons. The van der Waals surface area contributed by atoms with Gasteiger partial charge in [-0.25, -0.2) is 0 Å². The summed E-state index contributed by atoms with van der Waals surface area (Å²) in [6.45, 7) is 6.58. The van der Waals surface area contributed by atoms with Gasteiger partial charge in [-0.2, -0.15) is 5.26 Å². The van der Waals surface area contributed by atoms with Crippen LogP contribution in [0.4, 0.5) is 5.69 Å². The largest absolute Gasteiger partial charge is 0.367 e. The Balaban J connectivity index is 2.21. The van der Waals surface area contributed by atoms with Crippen LogP contribution < -0.4 is 5.32 Å². The summed E-state index contributed by atoms with van der Waals surface area (Å²) in [5.74, 6) is 1.23. The molecule has 1 aromatic rings. The summed E-state index contributed by atoms with van der Waals surface area (Å²) in [6.07, 6.45) is 3.13. The van der Waals surface area contributed by atoms with Crippen molar-refractivity contribution in [3.8, 4) is 6.07 Å². The Morgan fingerprint density at radius 3 is 2.50 bits per heavy atom. The fourth-order valence-corrected chi connectivity index (χ4v) is 3.35. The number of aryl methyl sites for hydroxylation is 1. The third-order valence-corrected chi connectivity index (χ3v) is 3.81. The van der Waals surface area contributed by atoms with Crippen molar-refractivity contribution in [1.82, 2.24) is 0 Å². The van der Waals surface area contributed by atoms with Crippen LogP contribution in [0.25, 0.3) is 0 Å². The molecule has 1 fully saturated rings. The molecule has 2 heteroatoms. The lowest BCUT2D eigenvalue weighted by Crippen LogP contribution is -2.43. The van der Waals surface area contributed by atoms with Gasteiger partial charge in [0.25, 0.3) is 0 Å². The number of rotatable bonds is 2. The van der Waals surface area contributed by atoms with Gasteiger partial charge in [-0.1, -0.05) is 26.0 Å². The van der Waals surface area contributed by atoms with E-state index in [2.05, 4.69) is 50.4 Å². The average Bonchev–Trinajstić information content (AvgIpc) is 2.27. The zero-order valence-corrected chi connectivity index (χ0v) is 11.5. The second-order valence-electron chi connectivity index (χ2n) is 6.04. The van der Waals surface area contributed by atoms with E-state index >= 15 is 0 Å². The van der Waals surface area contributed by atoms with Crippen LogP contribution in [0.2, 0.25) is 0 Å². The van der Waals surface area contributed by atoms with E-state index in [0.717, 1.165) is 18.5 Å². The number of anilines is 1. The molecule has 1 N–H and O–H groups in total. The minimum absolute atomic E-state index is 0.384. The molecular weight excluding hydrogens is 220 g/mol. The predicted octanol–water partition coefficient (Wildman–Crippen LogP) is 4.13. The molecule has 1 aliphatic carbocycles. The first-order chi connectivity index (χ1) is 8.53. The van der Waals surface area contributed by atoms with Crippen LogP contribution >= 0.6 is 0 Å². The van der Waals surface area contributed by atoms with Crippen molar-refractivity contribution in [2.45, 2.75) is 45.6 Å². The molecule has 0 amide bonds. The van der Waals surface area contributed by atoms with Crippen LogP contribution in [0.1, 0.15) is 38.7 Å². The highest BCUT2D eigenvalue weighted by molar-refractivity contribution is 5.49. The number of hydrogen-bond acceptors (Lipinski definition) is 2. The summed E-state index contributed by atoms with van der Waals surface area (Å²) < 4.78 is 0. The highest BCUT2D eigenvalue weighted by Crippen LogP contribution is 2.37. The van der Waals surface area contributed by atoms with Gasteiger partial charge in [0.05, 0.1) is 6.07 Å². The second-order valence-corrected chi connectivity index (χ2v) is 6.04. The van der Waals surface area contributed by atoms with E-state index in [1.54, 1.807) is 0 Å². The van der Waals surface area contributed by atoms with Crippen LogP contribution in [0.3, 0.4) is 0 Å². The first-order valence-electron chi connectivity index (χ1n) is 6.79. The van der Waals surface area contributed by atoms with E-state index < -0.39 is 0 Å². The van der Waals surface area contributed by atoms with Crippen molar-refractivity contribution in [3.05, 3.63) is 29.8 Å². The third-order valence-electron chi connectivity index (χ3n) is 3.81. The lowest BCUT2D eigenvalue weighted by molar-refractivity contribution is 0.240. The molecule has 2 rings (SSSR count). The summed E-state index contributed by atoms with van der Waals surface area (Å²) in [4.78, 5) is 0. The lowest BCUT2D eigenvalue weighted by atomic mass is 9.72. The van der Waals surface area contributed by atoms with Crippen molar-refractivity contribution in [2.75, 3.05) is 5.32 Å². The van der Waals surface area contributed by atoms with Crippen molar-refractivity contribution in [2.24, 2.45) is 11.8 Å². The van der Waals surface area contributed by atoms with Gasteiger partial charge in [0.1, 0.15) is 5.54 Å². The number of hydrogen-bond donors (Lipinski definition) is 1. The number of benzene rings is 1. The topological polar surface area (TPSA) is 35.8 Å². The molecule has 2 nitrogen and oxygen atoms in total. The van der Waals surface area contributed by atoms with Crippen molar-refractivity contribution < 1.29 is 0 Å². The summed E-state index contributed by atoms with van der Waals surface area (Å²) in [5, 5.41) is 13.1. The zero-order chi connectivity index (χ0) is 13.2. The van der Waals surface area contributed by atoms with Crippen LogP contribution in [-0.4, -0.2) is 5.54 Å². The molecular formula is C16H22N2. The minimum Gasteiger partial charge on any atom is -0.367 e. The van der Waals surface area contributed by atoms with Crippen LogP contribution in [-0.2, 0) is 0 Å². The Morgan fingerprint density at radius 1 is 1.28 bits per heavy atom. The molecule has 18 heavy (non-hydrogen) atoms. The van der Waals surface area contributed by atoms with Gasteiger partial charge < -0.3 is 5.32 Å². The van der Waals surface area contributed by atoms with Gasteiger partial charge in [0, 0.05) is 5.69 Å². The molecule has 0 spiro atoms. The highest BCUT2D eigenvalue weighted by atomic mass is 15.0. The first kappa shape index (κ1) is 13.0. The average molecular weight is 242 g/mol. The Morgan fingerprint density at radius 2 is 1.94 bits per heavy atom. The number of nitrogens with one attached hydrogen (secondary N) is 1. The quantitative estimate of drug-likeness (QED) is 0.846. The number of nitrogens with zero attached hydrogens (tertiary/aromatic N) is 1. The zero-order valence-electron chi connectivity index (χ0n) is 11.5. The molecule has 2 atom stereocenters. The lowest BCUT2D eigenvalue weighted by Gasteiger charge is -2.39. The standard InChI is InChI=1S/C16H22N2/c1-12-5-4-6-15(8-12)18-16(11-17)9-13(2)7-14(3)10-16/h4-6,8,13-14,18H,7,9-10H2,1-3H3. The molecule has 96 valence electrons. The SMILES string of the molecule is Cc1cccc(NC2(C#N)CC(C)CC(C)C2)c1. The fraction of sp³-hybridized carbons (Fsp3) is 0.562. The summed E-state index contributed by atoms with van der Waals surface area (Å²) >= 11 is 0. The summed E-state index contributed by atoms with van der Waals surface area (Å²) in [7, 11) is 0. The first-order valence-corrected chi connectivity index (χ1v) is 6.79. The van der Waals surface area contributed by atoms with Gasteiger partial charge >= 0.3 is 0 Å². The fourth-order valence-electron chi connectivity index (χ4n) is 3.35. The predicted molar refractivity (Wildman–Crippen MR) is 75.3 cm³/mol. The molecule has 0 aromatic heterocycles. The molecule has 1 aliphatic rings. The smallest absolute Gasteiger partial charge is 0.125 e. The Hall–Kier alpha value is -1.49. The van der Waals surface area contributed by atoms with E-state index in [4.69, 9.17) is 0 Å². The van der Waals surface area contributed by atoms with Gasteiger partial charge in [0.2, 0.25) is 0 Å². The molecule has 2 unspecified atom stereocenters. The van der Waals surface area contributed by atoms with E-state index in [1.807, 2.05) is 6.07 Å². The van der Waals surface area contributed by atoms with E-state index in [9.17, 15) is 5.26 Å². The van der Waals surface area contributed by atoms with Gasteiger partial charge in [-0.15, -0.1) is 0 Å². The van der Waals surface area contributed by atoms with Gasteiger partial charge in [0.15, 0.2) is 0 Å². The van der Waals surface area contributed by atoms with E-state index in [1.165, 1.54) is 12.0 Å². The monoisotopic (exact) mass is 242 g/mol. The highest BCUT2D eigenvalue weighted by Gasteiger charge is 2.38. The maximum absolute atomic E-state index is 9.60. The van der Waals surface area contributed by atoms with Crippen molar-refractivity contribution in [3.63, 3.8) is 0 Å². The van der Waals surface area contributed by atoms with Gasteiger partial charge in [-0.05, 0) is 55.7 Å². The molecule has 0 heterocycles. The molecule has 0 aliphatic heterocycles.